The normalized spacial score (nSPS) is 16.9. The number of nitrogens with zero attached hydrogens (tertiary/aromatic N) is 2. The van der Waals surface area contributed by atoms with E-state index in [4.69, 9.17) is 4.74 Å². The monoisotopic (exact) mass is 383 g/mol. The van der Waals surface area contributed by atoms with Crippen molar-refractivity contribution in [2.75, 3.05) is 50.0 Å². The molecule has 1 aromatic rings. The van der Waals surface area contributed by atoms with E-state index in [1.807, 2.05) is 26.0 Å². The van der Waals surface area contributed by atoms with Crippen molar-refractivity contribution in [3.63, 3.8) is 0 Å². The summed E-state index contributed by atoms with van der Waals surface area (Å²) in [4.78, 5) is 14.8. The Labute approximate surface area is 156 Å². The Hall–Kier alpha value is -1.64. The molecule has 1 N–H and O–H groups in total. The highest BCUT2D eigenvalue weighted by atomic mass is 32.2. The highest BCUT2D eigenvalue weighted by Gasteiger charge is 2.30. The molecule has 1 aromatic carbocycles. The minimum absolute atomic E-state index is 0.301. The van der Waals surface area contributed by atoms with Crippen LogP contribution in [-0.4, -0.2) is 70.9 Å². The van der Waals surface area contributed by atoms with E-state index in [9.17, 15) is 13.2 Å². The third-order valence-electron chi connectivity index (χ3n) is 4.52. The van der Waals surface area contributed by atoms with Crippen LogP contribution in [0.1, 0.15) is 18.1 Å². The fourth-order valence-electron chi connectivity index (χ4n) is 3.05. The topological polar surface area (TPSA) is 79.0 Å². The lowest BCUT2D eigenvalue weighted by atomic mass is 10.1. The minimum atomic E-state index is -3.60. The molecule has 0 unspecified atom stereocenters. The van der Waals surface area contributed by atoms with Gasteiger partial charge < -0.3 is 10.1 Å². The quantitative estimate of drug-likeness (QED) is 0.757. The molecule has 7 nitrogen and oxygen atoms in total. The predicted molar refractivity (Wildman–Crippen MR) is 103 cm³/mol. The van der Waals surface area contributed by atoms with Crippen molar-refractivity contribution in [2.24, 2.45) is 0 Å². The van der Waals surface area contributed by atoms with Crippen molar-refractivity contribution in [3.05, 3.63) is 29.3 Å². The molecule has 0 bridgehead atoms. The van der Waals surface area contributed by atoms with E-state index in [1.54, 1.807) is 13.0 Å². The largest absolute Gasteiger partial charge is 0.379 e. The smallest absolute Gasteiger partial charge is 0.243 e. The number of morpholine rings is 1. The number of aryl methyl sites for hydroxylation is 2. The molecule has 2 rings (SSSR count). The number of carbonyl (C=O) groups is 1. The molecule has 8 heteroatoms. The number of ether oxygens (including phenoxy) is 1. The molecule has 1 aliphatic rings. The van der Waals surface area contributed by atoms with Gasteiger partial charge in [-0.2, -0.15) is 0 Å². The second-order valence-corrected chi connectivity index (χ2v) is 8.63. The van der Waals surface area contributed by atoms with Gasteiger partial charge in [-0.05, 0) is 38.0 Å². The second-order valence-electron chi connectivity index (χ2n) is 6.77. The van der Waals surface area contributed by atoms with Crippen molar-refractivity contribution in [1.82, 2.24) is 10.2 Å². The zero-order valence-corrected chi connectivity index (χ0v) is 16.8. The Bertz CT molecular complexity index is 730. The molecule has 1 amide bonds. The van der Waals surface area contributed by atoms with Crippen LogP contribution in [0, 0.1) is 13.8 Å². The number of benzene rings is 1. The van der Waals surface area contributed by atoms with Crippen LogP contribution in [0.25, 0.3) is 0 Å². The summed E-state index contributed by atoms with van der Waals surface area (Å²) >= 11 is 0. The number of nitrogens with one attached hydrogen (secondary N) is 1. The molecule has 146 valence electrons. The van der Waals surface area contributed by atoms with Crippen molar-refractivity contribution in [1.29, 1.82) is 0 Å². The van der Waals surface area contributed by atoms with Crippen molar-refractivity contribution >= 4 is 21.6 Å². The zero-order chi connectivity index (χ0) is 19.3. The summed E-state index contributed by atoms with van der Waals surface area (Å²) in [5, 5.41) is 2.86. The standard InChI is InChI=1S/C18H29N3O4S/c1-14-5-6-15(2)17(13-14)21(26(4,23)24)16(3)18(22)19-7-8-20-9-11-25-12-10-20/h5-6,13,16H,7-12H2,1-4H3,(H,19,22)/t16-/m1/s1. The molecule has 1 aliphatic heterocycles. The van der Waals surface area contributed by atoms with Crippen LogP contribution in [0.3, 0.4) is 0 Å². The number of hydrogen-bond donors (Lipinski definition) is 1. The number of rotatable bonds is 7. The van der Waals surface area contributed by atoms with Gasteiger partial charge in [0.1, 0.15) is 6.04 Å². The molecule has 0 spiro atoms. The Morgan fingerprint density at radius 2 is 1.96 bits per heavy atom. The molecule has 0 radical (unpaired) electrons. The first-order valence-corrected chi connectivity index (χ1v) is 10.7. The lowest BCUT2D eigenvalue weighted by Gasteiger charge is -2.30. The molecule has 0 aliphatic carbocycles. The Kier molecular flexibility index (Phi) is 7.02. The Balaban J connectivity index is 2.07. The third-order valence-corrected chi connectivity index (χ3v) is 5.75. The molecule has 0 saturated carbocycles. The van der Waals surface area contributed by atoms with E-state index >= 15 is 0 Å². The van der Waals surface area contributed by atoms with Gasteiger partial charge in [-0.15, -0.1) is 0 Å². The van der Waals surface area contributed by atoms with Crippen LogP contribution >= 0.6 is 0 Å². The summed E-state index contributed by atoms with van der Waals surface area (Å²) < 4.78 is 31.3. The van der Waals surface area contributed by atoms with Gasteiger partial charge in [-0.25, -0.2) is 8.42 Å². The molecular formula is C18H29N3O4S. The highest BCUT2D eigenvalue weighted by molar-refractivity contribution is 7.92. The summed E-state index contributed by atoms with van der Waals surface area (Å²) in [5.41, 5.74) is 2.30. The first kappa shape index (κ1) is 20.7. The molecule has 0 aromatic heterocycles. The number of carbonyl (C=O) groups excluding carboxylic acids is 1. The van der Waals surface area contributed by atoms with E-state index in [2.05, 4.69) is 10.2 Å². The molecule has 1 atom stereocenters. The van der Waals surface area contributed by atoms with Crippen LogP contribution < -0.4 is 9.62 Å². The number of anilines is 1. The van der Waals surface area contributed by atoms with Crippen molar-refractivity contribution in [3.8, 4) is 0 Å². The summed E-state index contributed by atoms with van der Waals surface area (Å²) in [6.07, 6.45) is 1.13. The molecule has 26 heavy (non-hydrogen) atoms. The maximum atomic E-state index is 12.6. The lowest BCUT2D eigenvalue weighted by molar-refractivity contribution is -0.121. The average Bonchev–Trinajstić information content (AvgIpc) is 2.57. The molecule has 1 fully saturated rings. The van der Waals surface area contributed by atoms with E-state index in [0.717, 1.165) is 37.0 Å². The van der Waals surface area contributed by atoms with Gasteiger partial charge in [0.25, 0.3) is 0 Å². The van der Waals surface area contributed by atoms with Gasteiger partial charge in [0.2, 0.25) is 15.9 Å². The summed E-state index contributed by atoms with van der Waals surface area (Å²) in [6.45, 7) is 9.68. The first-order chi connectivity index (χ1) is 12.2. The second kappa shape index (κ2) is 8.83. The predicted octanol–water partition coefficient (Wildman–Crippen LogP) is 0.906. The van der Waals surface area contributed by atoms with E-state index in [-0.39, 0.29) is 5.91 Å². The van der Waals surface area contributed by atoms with Crippen molar-refractivity contribution < 1.29 is 17.9 Å². The fourth-order valence-corrected chi connectivity index (χ4v) is 4.27. The first-order valence-electron chi connectivity index (χ1n) is 8.84. The summed E-state index contributed by atoms with van der Waals surface area (Å²) in [7, 11) is -3.60. The summed E-state index contributed by atoms with van der Waals surface area (Å²) in [6, 6.07) is 4.77. The number of amides is 1. The van der Waals surface area contributed by atoms with Gasteiger partial charge >= 0.3 is 0 Å². The summed E-state index contributed by atoms with van der Waals surface area (Å²) in [5.74, 6) is -0.301. The van der Waals surface area contributed by atoms with Gasteiger partial charge in [-0.1, -0.05) is 12.1 Å². The highest BCUT2D eigenvalue weighted by Crippen LogP contribution is 2.26. The van der Waals surface area contributed by atoms with Gasteiger partial charge in [0.15, 0.2) is 0 Å². The van der Waals surface area contributed by atoms with Crippen LogP contribution in [0.4, 0.5) is 5.69 Å². The van der Waals surface area contributed by atoms with Crippen LogP contribution in [-0.2, 0) is 19.6 Å². The zero-order valence-electron chi connectivity index (χ0n) is 16.0. The van der Waals surface area contributed by atoms with Gasteiger partial charge in [-0.3, -0.25) is 14.0 Å². The van der Waals surface area contributed by atoms with E-state index in [1.165, 1.54) is 4.31 Å². The molecular weight excluding hydrogens is 354 g/mol. The maximum absolute atomic E-state index is 12.6. The lowest BCUT2D eigenvalue weighted by Crippen LogP contribution is -2.50. The SMILES string of the molecule is Cc1ccc(C)c(N([C@H](C)C(=O)NCCN2CCOCC2)S(C)(=O)=O)c1. The minimum Gasteiger partial charge on any atom is -0.379 e. The van der Waals surface area contributed by atoms with Crippen LogP contribution in [0.2, 0.25) is 0 Å². The number of hydrogen-bond acceptors (Lipinski definition) is 5. The Morgan fingerprint density at radius 3 is 2.58 bits per heavy atom. The number of sulfonamides is 1. The maximum Gasteiger partial charge on any atom is 0.243 e. The van der Waals surface area contributed by atoms with Gasteiger partial charge in [0, 0.05) is 26.2 Å². The van der Waals surface area contributed by atoms with Crippen molar-refractivity contribution in [2.45, 2.75) is 26.8 Å². The van der Waals surface area contributed by atoms with Crippen LogP contribution in [0.5, 0.6) is 0 Å². The third kappa shape index (κ3) is 5.43. The molecule has 1 saturated heterocycles. The van der Waals surface area contributed by atoms with E-state index < -0.39 is 16.1 Å². The van der Waals surface area contributed by atoms with Gasteiger partial charge in [0.05, 0.1) is 25.2 Å². The van der Waals surface area contributed by atoms with Crippen LogP contribution in [0.15, 0.2) is 18.2 Å². The molecule has 1 heterocycles. The fraction of sp³-hybridized carbons (Fsp3) is 0.611. The van der Waals surface area contributed by atoms with E-state index in [0.29, 0.717) is 25.4 Å². The Morgan fingerprint density at radius 1 is 1.31 bits per heavy atom. The average molecular weight is 384 g/mol.